The van der Waals surface area contributed by atoms with Crippen LogP contribution in [0.1, 0.15) is 28.8 Å². The van der Waals surface area contributed by atoms with Crippen molar-refractivity contribution in [2.24, 2.45) is 0 Å². The molecule has 1 heterocycles. The molecule has 0 bridgehead atoms. The number of nitrogens with one attached hydrogen (secondary N) is 3. The summed E-state index contributed by atoms with van der Waals surface area (Å²) in [5, 5.41) is 6.55. The molecule has 0 spiro atoms. The molecule has 0 aliphatic heterocycles. The number of anilines is 3. The molecule has 3 aromatic rings. The summed E-state index contributed by atoms with van der Waals surface area (Å²) in [7, 11) is -1.44. The van der Waals surface area contributed by atoms with Gasteiger partial charge >= 0.3 is 22.4 Å². The highest BCUT2D eigenvalue weighted by molar-refractivity contribution is 7.87. The molecule has 16 heteroatoms. The second kappa shape index (κ2) is 10.8. The first-order valence-electron chi connectivity index (χ1n) is 11.4. The molecule has 39 heavy (non-hydrogen) atoms. The molecule has 0 atom stereocenters. The Balaban J connectivity index is 1.55. The number of benzene rings is 2. The molecule has 4 rings (SSSR count). The first-order chi connectivity index (χ1) is 18.2. The average Bonchev–Trinajstić information content (AvgIpc) is 3.63. The molecule has 1 aliphatic carbocycles. The first kappa shape index (κ1) is 28.3. The van der Waals surface area contributed by atoms with E-state index in [1.807, 2.05) is 16.9 Å². The SMILES string of the molecule is CN(C)S(=O)(=O)NC(=O)c1ccc(Nc2nc(NC3(c4ccc(Cl)cc4)CC3)nc(OCC(F)(F)F)n2)cc1. The number of halogens is 4. The summed E-state index contributed by atoms with van der Waals surface area (Å²) in [5.41, 5.74) is 0.799. The van der Waals surface area contributed by atoms with Crippen LogP contribution < -0.4 is 20.1 Å². The van der Waals surface area contributed by atoms with E-state index < -0.39 is 40.4 Å². The van der Waals surface area contributed by atoms with Crippen LogP contribution in [0.15, 0.2) is 48.5 Å². The van der Waals surface area contributed by atoms with Crippen molar-refractivity contribution in [2.45, 2.75) is 24.6 Å². The van der Waals surface area contributed by atoms with Gasteiger partial charge in [-0.1, -0.05) is 23.7 Å². The van der Waals surface area contributed by atoms with E-state index in [4.69, 9.17) is 16.3 Å². The number of ether oxygens (including phenoxy) is 1. The number of carbonyl (C=O) groups is 1. The molecule has 11 nitrogen and oxygen atoms in total. The molecule has 2 aromatic carbocycles. The predicted octanol–water partition coefficient (Wildman–Crippen LogP) is 3.85. The number of hydrogen-bond acceptors (Lipinski definition) is 9. The molecular weight excluding hydrogens is 563 g/mol. The number of hydrogen-bond donors (Lipinski definition) is 3. The lowest BCUT2D eigenvalue weighted by atomic mass is 10.1. The van der Waals surface area contributed by atoms with Crippen LogP contribution in [0.4, 0.5) is 30.8 Å². The summed E-state index contributed by atoms with van der Waals surface area (Å²) >= 11 is 5.98. The summed E-state index contributed by atoms with van der Waals surface area (Å²) in [5.74, 6) is -0.979. The van der Waals surface area contributed by atoms with Crippen LogP contribution in [0.2, 0.25) is 5.02 Å². The van der Waals surface area contributed by atoms with Crippen LogP contribution in [-0.2, 0) is 15.7 Å². The van der Waals surface area contributed by atoms with Gasteiger partial charge in [-0.2, -0.15) is 40.8 Å². The Labute approximate surface area is 226 Å². The highest BCUT2D eigenvalue weighted by atomic mass is 35.5. The third-order valence-electron chi connectivity index (χ3n) is 5.58. The van der Waals surface area contributed by atoms with Gasteiger partial charge in [0.1, 0.15) is 0 Å². The van der Waals surface area contributed by atoms with Crippen molar-refractivity contribution in [3.8, 4) is 6.01 Å². The minimum absolute atomic E-state index is 0.0120. The number of carbonyl (C=O) groups excluding carboxylic acids is 1. The van der Waals surface area contributed by atoms with Crippen LogP contribution in [0.5, 0.6) is 6.01 Å². The van der Waals surface area contributed by atoms with Gasteiger partial charge in [0, 0.05) is 30.4 Å². The molecule has 208 valence electrons. The van der Waals surface area contributed by atoms with Crippen molar-refractivity contribution >= 4 is 45.3 Å². The summed E-state index contributed by atoms with van der Waals surface area (Å²) < 4.78 is 69.6. The number of amides is 1. The fourth-order valence-electron chi connectivity index (χ4n) is 3.37. The van der Waals surface area contributed by atoms with Crippen LogP contribution in [0.25, 0.3) is 0 Å². The second-order valence-electron chi connectivity index (χ2n) is 8.80. The summed E-state index contributed by atoms with van der Waals surface area (Å²) in [4.78, 5) is 24.4. The molecule has 1 amide bonds. The molecule has 0 saturated heterocycles. The number of rotatable bonds is 10. The number of nitrogens with zero attached hydrogens (tertiary/aromatic N) is 4. The zero-order chi connectivity index (χ0) is 28.4. The third kappa shape index (κ3) is 7.46. The zero-order valence-electron chi connectivity index (χ0n) is 20.6. The quantitative estimate of drug-likeness (QED) is 0.324. The maximum atomic E-state index is 12.8. The fourth-order valence-corrected chi connectivity index (χ4v) is 4.04. The Hall–Kier alpha value is -3.69. The van der Waals surface area contributed by atoms with Gasteiger partial charge in [-0.05, 0) is 54.8 Å². The predicted molar refractivity (Wildman–Crippen MR) is 137 cm³/mol. The van der Waals surface area contributed by atoms with Gasteiger partial charge in [-0.3, -0.25) is 4.79 Å². The minimum Gasteiger partial charge on any atom is -0.454 e. The van der Waals surface area contributed by atoms with Gasteiger partial charge in [0.05, 0.1) is 5.54 Å². The van der Waals surface area contributed by atoms with Gasteiger partial charge in [0.25, 0.3) is 5.91 Å². The van der Waals surface area contributed by atoms with Crippen molar-refractivity contribution in [2.75, 3.05) is 31.3 Å². The minimum atomic E-state index is -4.61. The third-order valence-corrected chi connectivity index (χ3v) is 7.24. The molecule has 0 radical (unpaired) electrons. The van der Waals surface area contributed by atoms with Gasteiger partial charge in [0.15, 0.2) is 6.61 Å². The Bertz CT molecular complexity index is 1450. The number of alkyl halides is 3. The lowest BCUT2D eigenvalue weighted by Gasteiger charge is -2.19. The van der Waals surface area contributed by atoms with E-state index in [0.29, 0.717) is 10.7 Å². The van der Waals surface area contributed by atoms with Gasteiger partial charge < -0.3 is 15.4 Å². The monoisotopic (exact) mass is 585 g/mol. The van der Waals surface area contributed by atoms with E-state index in [-0.39, 0.29) is 17.5 Å². The Kier molecular flexibility index (Phi) is 7.86. The van der Waals surface area contributed by atoms with Crippen molar-refractivity contribution in [3.05, 3.63) is 64.7 Å². The van der Waals surface area contributed by atoms with E-state index in [2.05, 4.69) is 25.6 Å². The molecule has 1 saturated carbocycles. The molecule has 1 aromatic heterocycles. The topological polar surface area (TPSA) is 138 Å². The van der Waals surface area contributed by atoms with Crippen LogP contribution in [0.3, 0.4) is 0 Å². The molecule has 1 fully saturated rings. The Morgan fingerprint density at radius 1 is 1.03 bits per heavy atom. The van der Waals surface area contributed by atoms with Crippen LogP contribution in [0, 0.1) is 0 Å². The molecular formula is C23H23ClF3N7O4S. The maximum Gasteiger partial charge on any atom is 0.422 e. The average molecular weight is 586 g/mol. The highest BCUT2D eigenvalue weighted by Crippen LogP contribution is 2.48. The summed E-state index contributed by atoms with van der Waals surface area (Å²) in [6, 6.07) is 12.2. The summed E-state index contributed by atoms with van der Waals surface area (Å²) in [6.07, 6.45) is -3.14. The lowest BCUT2D eigenvalue weighted by molar-refractivity contribution is -0.154. The molecule has 1 aliphatic rings. The van der Waals surface area contributed by atoms with E-state index in [0.717, 1.165) is 22.7 Å². The van der Waals surface area contributed by atoms with Gasteiger partial charge in [-0.15, -0.1) is 0 Å². The van der Waals surface area contributed by atoms with Crippen molar-refractivity contribution in [1.82, 2.24) is 24.0 Å². The normalized spacial score (nSPS) is 14.5. The Morgan fingerprint density at radius 3 is 2.21 bits per heavy atom. The van der Waals surface area contributed by atoms with E-state index in [9.17, 15) is 26.4 Å². The lowest BCUT2D eigenvalue weighted by Crippen LogP contribution is -2.39. The van der Waals surface area contributed by atoms with Crippen molar-refractivity contribution in [1.29, 1.82) is 0 Å². The van der Waals surface area contributed by atoms with E-state index >= 15 is 0 Å². The molecule has 3 N–H and O–H groups in total. The van der Waals surface area contributed by atoms with Crippen molar-refractivity contribution < 1.29 is 31.1 Å². The Morgan fingerprint density at radius 2 is 1.64 bits per heavy atom. The summed E-state index contributed by atoms with van der Waals surface area (Å²) in [6.45, 7) is -1.60. The van der Waals surface area contributed by atoms with Gasteiger partial charge in [-0.25, -0.2) is 4.72 Å². The standard InChI is InChI=1S/C23H23ClF3N7O4S/c1-34(2)39(36,37)33-18(35)14-3-9-17(10-4-14)28-19-29-20(31-21(30-19)38-13-23(25,26)27)32-22(11-12-22)15-5-7-16(24)8-6-15/h3-10H,11-13H2,1-2H3,(H,33,35)(H2,28,29,30,31,32). The highest BCUT2D eigenvalue weighted by Gasteiger charge is 2.45. The van der Waals surface area contributed by atoms with E-state index in [1.165, 1.54) is 38.4 Å². The van der Waals surface area contributed by atoms with Crippen molar-refractivity contribution in [3.63, 3.8) is 0 Å². The smallest absolute Gasteiger partial charge is 0.422 e. The molecule has 0 unspecified atom stereocenters. The fraction of sp³-hybridized carbons (Fsp3) is 0.304. The maximum absolute atomic E-state index is 12.8. The largest absolute Gasteiger partial charge is 0.454 e. The van der Waals surface area contributed by atoms with E-state index in [1.54, 1.807) is 12.1 Å². The first-order valence-corrected chi connectivity index (χ1v) is 13.2. The zero-order valence-corrected chi connectivity index (χ0v) is 22.2. The number of aromatic nitrogens is 3. The second-order valence-corrected chi connectivity index (χ2v) is 11.1. The van der Waals surface area contributed by atoms with Gasteiger partial charge in [0.2, 0.25) is 11.9 Å². The van der Waals surface area contributed by atoms with Crippen LogP contribution >= 0.6 is 11.6 Å². The van der Waals surface area contributed by atoms with Crippen LogP contribution in [-0.4, -0.2) is 60.5 Å².